The molecule has 0 aromatic carbocycles. The molecule has 1 rings (SSSR count). The molecule has 1 saturated heterocycles. The van der Waals surface area contributed by atoms with Gasteiger partial charge in [0.2, 0.25) is 0 Å². The summed E-state index contributed by atoms with van der Waals surface area (Å²) in [6.45, 7) is 6.56. The molecule has 1 heterocycles. The van der Waals surface area contributed by atoms with Gasteiger partial charge in [0.05, 0.1) is 18.3 Å². The van der Waals surface area contributed by atoms with E-state index in [0.717, 1.165) is 0 Å². The van der Waals surface area contributed by atoms with E-state index in [4.69, 9.17) is 14.2 Å². The van der Waals surface area contributed by atoms with Crippen LogP contribution in [0.3, 0.4) is 0 Å². The molecule has 3 atom stereocenters. The highest BCUT2D eigenvalue weighted by atomic mass is 16.6. The number of carbonyl (C=O) groups excluding carboxylic acids is 3. The molecule has 0 radical (unpaired) electrons. The molecule has 6 nitrogen and oxygen atoms in total. The molecule has 0 N–H and O–H groups in total. The zero-order valence-corrected chi connectivity index (χ0v) is 11.7. The minimum Gasteiger partial charge on any atom is -0.465 e. The van der Waals surface area contributed by atoms with Crippen LogP contribution in [0.2, 0.25) is 0 Å². The molecule has 0 unspecified atom stereocenters. The third-order valence-corrected chi connectivity index (χ3v) is 2.92. The summed E-state index contributed by atoms with van der Waals surface area (Å²) in [4.78, 5) is 34.8. The molecule has 0 aliphatic carbocycles. The normalized spacial score (nSPS) is 28.8. The lowest BCUT2D eigenvalue weighted by Gasteiger charge is -2.27. The van der Waals surface area contributed by atoms with E-state index in [1.807, 2.05) is 0 Å². The Kier molecular flexibility index (Phi) is 5.32. The van der Waals surface area contributed by atoms with Gasteiger partial charge < -0.3 is 14.2 Å². The van der Waals surface area contributed by atoms with Crippen molar-refractivity contribution in [3.63, 3.8) is 0 Å². The lowest BCUT2D eigenvalue weighted by Crippen LogP contribution is -2.41. The summed E-state index contributed by atoms with van der Waals surface area (Å²) < 4.78 is 15.3. The summed E-state index contributed by atoms with van der Waals surface area (Å²) in [6.07, 6.45) is -1.51. The Bertz CT molecular complexity index is 362. The largest absolute Gasteiger partial charge is 0.465 e. The molecule has 0 bridgehead atoms. The molecule has 0 amide bonds. The zero-order valence-electron chi connectivity index (χ0n) is 11.7. The maximum Gasteiger partial charge on any atom is 0.312 e. The van der Waals surface area contributed by atoms with E-state index in [2.05, 4.69) is 0 Å². The number of hydrogen-bond donors (Lipinski definition) is 0. The van der Waals surface area contributed by atoms with Crippen LogP contribution in [0, 0.1) is 11.8 Å². The quantitative estimate of drug-likeness (QED) is 0.552. The molecule has 1 fully saturated rings. The average molecular weight is 272 g/mol. The number of rotatable bonds is 2. The third kappa shape index (κ3) is 4.22. The number of ether oxygens (including phenoxy) is 3. The van der Waals surface area contributed by atoms with Gasteiger partial charge in [0.1, 0.15) is 12.7 Å². The van der Waals surface area contributed by atoms with E-state index in [1.54, 1.807) is 27.7 Å². The van der Waals surface area contributed by atoms with E-state index < -0.39 is 36.0 Å². The van der Waals surface area contributed by atoms with Gasteiger partial charge in [0.15, 0.2) is 6.10 Å². The van der Waals surface area contributed by atoms with Crippen LogP contribution in [-0.2, 0) is 28.6 Å². The summed E-state index contributed by atoms with van der Waals surface area (Å²) in [5.74, 6) is -2.40. The maximum absolute atomic E-state index is 11.8. The van der Waals surface area contributed by atoms with Gasteiger partial charge in [-0.15, -0.1) is 0 Å². The Morgan fingerprint density at radius 2 is 1.95 bits per heavy atom. The summed E-state index contributed by atoms with van der Waals surface area (Å²) in [5, 5.41) is 0. The SMILES string of the molecule is CC(C)C(=O)O[C@H]1[C@H](C)OC(=O)CCOC(=O)[C@@H]1C. The lowest BCUT2D eigenvalue weighted by molar-refractivity contribution is -0.175. The topological polar surface area (TPSA) is 78.9 Å². The van der Waals surface area contributed by atoms with E-state index in [1.165, 1.54) is 0 Å². The van der Waals surface area contributed by atoms with Crippen LogP contribution in [0.15, 0.2) is 0 Å². The number of cyclic esters (lactones) is 2. The Balaban J connectivity index is 2.88. The number of esters is 3. The van der Waals surface area contributed by atoms with Crippen LogP contribution in [0.25, 0.3) is 0 Å². The van der Waals surface area contributed by atoms with Gasteiger partial charge in [-0.1, -0.05) is 13.8 Å². The highest BCUT2D eigenvalue weighted by Gasteiger charge is 2.36. The monoisotopic (exact) mass is 272 g/mol. The molecule has 19 heavy (non-hydrogen) atoms. The molecular formula is C13H20O6. The van der Waals surface area contributed by atoms with Gasteiger partial charge in [-0.2, -0.15) is 0 Å². The molecule has 0 aromatic rings. The van der Waals surface area contributed by atoms with Gasteiger partial charge in [0.25, 0.3) is 0 Å². The third-order valence-electron chi connectivity index (χ3n) is 2.92. The van der Waals surface area contributed by atoms with E-state index in [9.17, 15) is 14.4 Å². The smallest absolute Gasteiger partial charge is 0.312 e. The summed E-state index contributed by atoms with van der Waals surface area (Å²) in [6, 6.07) is 0. The minimum atomic E-state index is -0.829. The van der Waals surface area contributed by atoms with Crippen LogP contribution in [0.4, 0.5) is 0 Å². The maximum atomic E-state index is 11.8. The first-order valence-electron chi connectivity index (χ1n) is 6.39. The Morgan fingerprint density at radius 3 is 2.53 bits per heavy atom. The van der Waals surface area contributed by atoms with Gasteiger partial charge in [-0.05, 0) is 13.8 Å². The highest BCUT2D eigenvalue weighted by molar-refractivity contribution is 5.76. The van der Waals surface area contributed by atoms with E-state index in [0.29, 0.717) is 0 Å². The van der Waals surface area contributed by atoms with Crippen molar-refractivity contribution in [2.45, 2.75) is 46.3 Å². The standard InChI is InChI=1S/C13H20O6/c1-7(2)12(15)19-11-8(3)13(16)17-6-5-10(14)18-9(11)4/h7-9,11H,5-6H2,1-4H3/t8-,9+,11-/m1/s1. The number of carbonyl (C=O) groups is 3. The molecule has 6 heteroatoms. The van der Waals surface area contributed by atoms with Gasteiger partial charge in [0, 0.05) is 0 Å². The zero-order chi connectivity index (χ0) is 14.6. The second kappa shape index (κ2) is 6.54. The van der Waals surface area contributed by atoms with E-state index in [-0.39, 0.29) is 18.9 Å². The van der Waals surface area contributed by atoms with Crippen molar-refractivity contribution in [2.75, 3.05) is 6.61 Å². The summed E-state index contributed by atoms with van der Waals surface area (Å²) in [5.41, 5.74) is 0. The summed E-state index contributed by atoms with van der Waals surface area (Å²) >= 11 is 0. The number of hydrogen-bond acceptors (Lipinski definition) is 6. The van der Waals surface area contributed by atoms with Crippen molar-refractivity contribution in [1.82, 2.24) is 0 Å². The Hall–Kier alpha value is -1.59. The van der Waals surface area contributed by atoms with Crippen molar-refractivity contribution in [1.29, 1.82) is 0 Å². The molecular weight excluding hydrogens is 252 g/mol. The molecule has 108 valence electrons. The van der Waals surface area contributed by atoms with Crippen molar-refractivity contribution < 1.29 is 28.6 Å². The second-order valence-corrected chi connectivity index (χ2v) is 4.96. The first-order valence-corrected chi connectivity index (χ1v) is 6.39. The molecule has 0 spiro atoms. The van der Waals surface area contributed by atoms with Gasteiger partial charge in [-0.3, -0.25) is 14.4 Å². The van der Waals surface area contributed by atoms with Gasteiger partial charge >= 0.3 is 17.9 Å². The Labute approximate surface area is 112 Å². The van der Waals surface area contributed by atoms with Crippen LogP contribution >= 0.6 is 0 Å². The summed E-state index contributed by atoms with van der Waals surface area (Å²) in [7, 11) is 0. The Morgan fingerprint density at radius 1 is 1.32 bits per heavy atom. The second-order valence-electron chi connectivity index (χ2n) is 4.96. The first kappa shape index (κ1) is 15.5. The van der Waals surface area contributed by atoms with Crippen molar-refractivity contribution in [3.8, 4) is 0 Å². The van der Waals surface area contributed by atoms with E-state index >= 15 is 0 Å². The fourth-order valence-electron chi connectivity index (χ4n) is 1.71. The lowest BCUT2D eigenvalue weighted by atomic mass is 10.00. The van der Waals surface area contributed by atoms with Crippen LogP contribution in [-0.4, -0.2) is 36.7 Å². The van der Waals surface area contributed by atoms with Crippen LogP contribution in [0.1, 0.15) is 34.1 Å². The van der Waals surface area contributed by atoms with Crippen molar-refractivity contribution in [3.05, 3.63) is 0 Å². The molecule has 0 aromatic heterocycles. The molecule has 1 aliphatic heterocycles. The fraction of sp³-hybridized carbons (Fsp3) is 0.769. The van der Waals surface area contributed by atoms with Crippen molar-refractivity contribution in [2.24, 2.45) is 11.8 Å². The molecule has 0 saturated carbocycles. The average Bonchev–Trinajstić information content (AvgIpc) is 2.36. The highest BCUT2D eigenvalue weighted by Crippen LogP contribution is 2.20. The molecule has 1 aliphatic rings. The predicted octanol–water partition coefficient (Wildman–Crippen LogP) is 1.07. The predicted molar refractivity (Wildman–Crippen MR) is 65.0 cm³/mol. The van der Waals surface area contributed by atoms with Crippen molar-refractivity contribution >= 4 is 17.9 Å². The first-order chi connectivity index (χ1) is 8.82. The van der Waals surface area contributed by atoms with Crippen LogP contribution < -0.4 is 0 Å². The van der Waals surface area contributed by atoms with Gasteiger partial charge in [-0.25, -0.2) is 0 Å². The van der Waals surface area contributed by atoms with Crippen LogP contribution in [0.5, 0.6) is 0 Å². The minimum absolute atomic E-state index is 0.00759. The fourth-order valence-corrected chi connectivity index (χ4v) is 1.71.